The van der Waals surface area contributed by atoms with E-state index in [2.05, 4.69) is 5.16 Å². The van der Waals surface area contributed by atoms with Crippen LogP contribution in [0.3, 0.4) is 0 Å². The zero-order chi connectivity index (χ0) is 15.9. The maximum Gasteiger partial charge on any atom is 0.249 e. The van der Waals surface area contributed by atoms with Gasteiger partial charge in [0.15, 0.2) is 37.5 Å². The number of oxime groups is 1. The Labute approximate surface area is 160 Å². The Hall–Kier alpha value is -1.87. The van der Waals surface area contributed by atoms with Gasteiger partial charge in [-0.2, -0.15) is 4.39 Å². The number of primary amides is 1. The van der Waals surface area contributed by atoms with Gasteiger partial charge in [0.05, 0.1) is 18.2 Å². The lowest BCUT2D eigenvalue weighted by Gasteiger charge is -1.99. The minimum absolute atomic E-state index is 0. The van der Waals surface area contributed by atoms with Crippen molar-refractivity contribution in [2.24, 2.45) is 10.9 Å². The molecular formula is C15H17Br2FN4O2. The van der Waals surface area contributed by atoms with E-state index in [1.165, 1.54) is 6.20 Å². The molecule has 2 heterocycles. The molecule has 130 valence electrons. The summed E-state index contributed by atoms with van der Waals surface area (Å²) in [5, 5.41) is 11.2. The minimum Gasteiger partial charge on any atom is -1.00 e. The largest absolute Gasteiger partial charge is 1.00 e. The predicted molar refractivity (Wildman–Crippen MR) is 75.7 cm³/mol. The van der Waals surface area contributed by atoms with Crippen molar-refractivity contribution in [2.75, 3.05) is 0 Å². The Morgan fingerprint density at radius 1 is 1.17 bits per heavy atom. The molecule has 0 aliphatic heterocycles. The molecule has 1 amide bonds. The van der Waals surface area contributed by atoms with Crippen LogP contribution in [0.2, 0.25) is 0 Å². The van der Waals surface area contributed by atoms with Crippen molar-refractivity contribution in [3.63, 3.8) is 0 Å². The monoisotopic (exact) mass is 462 g/mol. The standard InChI is InChI=1S/C15H15FN4O2.2BrH/c16-14-11-20(9-4-13(14)10-18-22)6-1-5-19-7-2-12(3-8-19)15(17)21;;/h2-4,7-11H,1,5-6H2,(H-,17,21);2*1H. The van der Waals surface area contributed by atoms with Crippen LogP contribution in [0.1, 0.15) is 22.3 Å². The highest BCUT2D eigenvalue weighted by Crippen LogP contribution is 2.00. The first-order valence-electron chi connectivity index (χ1n) is 6.75. The molecule has 0 aliphatic rings. The lowest BCUT2D eigenvalue weighted by atomic mass is 10.2. The molecule has 0 radical (unpaired) electrons. The topological polar surface area (TPSA) is 83.4 Å². The van der Waals surface area contributed by atoms with Crippen molar-refractivity contribution in [3.05, 3.63) is 59.9 Å². The van der Waals surface area contributed by atoms with Crippen molar-refractivity contribution in [1.82, 2.24) is 0 Å². The average Bonchev–Trinajstić information content (AvgIpc) is 2.50. The van der Waals surface area contributed by atoms with E-state index in [9.17, 15) is 9.18 Å². The third-order valence-electron chi connectivity index (χ3n) is 3.21. The molecule has 9 heteroatoms. The highest BCUT2D eigenvalue weighted by Gasteiger charge is 2.10. The molecule has 2 aromatic rings. The van der Waals surface area contributed by atoms with E-state index in [0.29, 0.717) is 12.1 Å². The molecule has 0 fully saturated rings. The fraction of sp³-hybridized carbons (Fsp3) is 0.200. The summed E-state index contributed by atoms with van der Waals surface area (Å²) in [5.74, 6) is -0.900. The quantitative estimate of drug-likeness (QED) is 0.194. The number of aryl methyl sites for hydroxylation is 2. The molecule has 0 saturated carbocycles. The van der Waals surface area contributed by atoms with Gasteiger partial charge >= 0.3 is 0 Å². The summed E-state index contributed by atoms with van der Waals surface area (Å²) >= 11 is 0. The van der Waals surface area contributed by atoms with Crippen LogP contribution in [-0.4, -0.2) is 17.3 Å². The smallest absolute Gasteiger partial charge is 0.249 e. The second-order valence-corrected chi connectivity index (χ2v) is 4.77. The number of nitrogens with zero attached hydrogens (tertiary/aromatic N) is 3. The van der Waals surface area contributed by atoms with Gasteiger partial charge in [0.25, 0.3) is 0 Å². The van der Waals surface area contributed by atoms with Crippen LogP contribution >= 0.6 is 0 Å². The summed E-state index contributed by atoms with van der Waals surface area (Å²) in [7, 11) is 0. The summed E-state index contributed by atoms with van der Waals surface area (Å²) in [6, 6.07) is 4.88. The Kier molecular flexibility index (Phi) is 9.98. The number of hydrogen-bond donors (Lipinski definition) is 2. The Balaban J connectivity index is 0.00000264. The Morgan fingerprint density at radius 2 is 1.75 bits per heavy atom. The average molecular weight is 464 g/mol. The normalized spacial score (nSPS) is 10.0. The van der Waals surface area contributed by atoms with Gasteiger partial charge in [0, 0.05) is 23.8 Å². The van der Waals surface area contributed by atoms with E-state index in [0.717, 1.165) is 19.2 Å². The van der Waals surface area contributed by atoms with Gasteiger partial charge in [-0.1, -0.05) is 5.16 Å². The highest BCUT2D eigenvalue weighted by molar-refractivity contribution is 5.92. The summed E-state index contributed by atoms with van der Waals surface area (Å²) in [4.78, 5) is 11.0. The first-order chi connectivity index (χ1) is 10.6. The van der Waals surface area contributed by atoms with Crippen molar-refractivity contribution >= 4 is 12.1 Å². The van der Waals surface area contributed by atoms with E-state index < -0.39 is 11.7 Å². The van der Waals surface area contributed by atoms with Crippen LogP contribution in [0, 0.1) is 5.82 Å². The second-order valence-electron chi connectivity index (χ2n) is 4.77. The van der Waals surface area contributed by atoms with Gasteiger partial charge < -0.3 is 44.9 Å². The SMILES string of the molecule is NC(=O)c1cc[n+](CCC[n+]2ccc(/C=N/O)c(F)c2)cc1.[Br-].[Br-]. The van der Waals surface area contributed by atoms with Crippen molar-refractivity contribution in [2.45, 2.75) is 19.5 Å². The maximum absolute atomic E-state index is 13.6. The van der Waals surface area contributed by atoms with Crippen molar-refractivity contribution in [3.8, 4) is 0 Å². The third kappa shape index (κ3) is 6.32. The van der Waals surface area contributed by atoms with Gasteiger partial charge in [0.2, 0.25) is 12.1 Å². The van der Waals surface area contributed by atoms with Gasteiger partial charge in [-0.25, -0.2) is 9.13 Å². The highest BCUT2D eigenvalue weighted by atomic mass is 79.9. The van der Waals surface area contributed by atoms with E-state index in [1.807, 2.05) is 4.57 Å². The van der Waals surface area contributed by atoms with Crippen LogP contribution in [0.4, 0.5) is 4.39 Å². The number of aromatic nitrogens is 2. The van der Waals surface area contributed by atoms with Crippen LogP contribution in [0.15, 0.2) is 48.1 Å². The predicted octanol–water partition coefficient (Wildman–Crippen LogP) is -5.59. The van der Waals surface area contributed by atoms with Crippen LogP contribution < -0.4 is 48.8 Å². The molecule has 0 spiro atoms. The number of rotatable bonds is 6. The van der Waals surface area contributed by atoms with Gasteiger partial charge in [-0.05, 0) is 0 Å². The molecule has 0 aliphatic carbocycles. The minimum atomic E-state index is -0.454. The molecule has 3 N–H and O–H groups in total. The van der Waals surface area contributed by atoms with Crippen molar-refractivity contribution < 1.29 is 57.5 Å². The van der Waals surface area contributed by atoms with E-state index >= 15 is 0 Å². The Bertz CT molecular complexity index is 696. The zero-order valence-corrected chi connectivity index (χ0v) is 15.8. The summed E-state index contributed by atoms with van der Waals surface area (Å²) in [5.41, 5.74) is 5.87. The summed E-state index contributed by atoms with van der Waals surface area (Å²) in [6.45, 7) is 1.37. The lowest BCUT2D eigenvalue weighted by molar-refractivity contribution is -0.727. The number of pyridine rings is 2. The molecule has 6 nitrogen and oxygen atoms in total. The number of amides is 1. The first kappa shape index (κ1) is 22.1. The molecule has 24 heavy (non-hydrogen) atoms. The fourth-order valence-corrected chi connectivity index (χ4v) is 2.03. The Morgan fingerprint density at radius 3 is 2.29 bits per heavy atom. The first-order valence-corrected chi connectivity index (χ1v) is 6.75. The number of carbonyl (C=O) groups excluding carboxylic acids is 1. The number of halogens is 3. The maximum atomic E-state index is 13.6. The van der Waals surface area contributed by atoms with Crippen LogP contribution in [-0.2, 0) is 13.1 Å². The number of hydrogen-bond acceptors (Lipinski definition) is 3. The second kappa shape index (κ2) is 10.8. The molecule has 2 rings (SSSR count). The summed E-state index contributed by atoms with van der Waals surface area (Å²) < 4.78 is 17.3. The van der Waals surface area contributed by atoms with E-state index in [4.69, 9.17) is 10.9 Å². The number of carbonyl (C=O) groups is 1. The third-order valence-corrected chi connectivity index (χ3v) is 3.21. The van der Waals surface area contributed by atoms with Crippen molar-refractivity contribution in [1.29, 1.82) is 0 Å². The van der Waals surface area contributed by atoms with E-state index in [-0.39, 0.29) is 39.5 Å². The molecule has 0 unspecified atom stereocenters. The molecule has 0 aromatic carbocycles. The molecule has 2 aromatic heterocycles. The zero-order valence-electron chi connectivity index (χ0n) is 12.6. The summed E-state index contributed by atoms with van der Waals surface area (Å²) in [6.07, 6.45) is 8.49. The van der Waals surface area contributed by atoms with Crippen LogP contribution in [0.25, 0.3) is 0 Å². The van der Waals surface area contributed by atoms with Gasteiger partial charge in [-0.15, -0.1) is 0 Å². The number of nitrogens with two attached hydrogens (primary N) is 1. The van der Waals surface area contributed by atoms with E-state index in [1.54, 1.807) is 41.4 Å². The molecule has 0 saturated heterocycles. The van der Waals surface area contributed by atoms with Gasteiger partial charge in [-0.3, -0.25) is 4.79 Å². The molecule has 0 bridgehead atoms. The molecule has 0 atom stereocenters. The fourth-order valence-electron chi connectivity index (χ4n) is 2.03. The van der Waals surface area contributed by atoms with Crippen LogP contribution in [0.5, 0.6) is 0 Å². The van der Waals surface area contributed by atoms with Gasteiger partial charge in [0.1, 0.15) is 0 Å². The lowest BCUT2D eigenvalue weighted by Crippen LogP contribution is -3.00. The molecular weight excluding hydrogens is 447 g/mol.